The molecule has 4 nitrogen and oxygen atoms in total. The number of hydrogen-bond acceptors (Lipinski definition) is 3. The molecule has 0 aliphatic heterocycles. The Hall–Kier alpha value is -1.62. The Kier molecular flexibility index (Phi) is 4.05. The summed E-state index contributed by atoms with van der Waals surface area (Å²) >= 11 is 0. The first kappa shape index (κ1) is 11.5. The zero-order chi connectivity index (χ0) is 11.3. The molecule has 82 valence electrons. The molecule has 0 aliphatic rings. The molecule has 1 aromatic carbocycles. The summed E-state index contributed by atoms with van der Waals surface area (Å²) < 4.78 is 18.3. The molecular weight excluding hydrogens is 199 g/mol. The van der Waals surface area contributed by atoms with Gasteiger partial charge in [-0.05, 0) is 13.0 Å². The molecule has 0 bridgehead atoms. The highest BCUT2D eigenvalue weighted by Crippen LogP contribution is 2.08. The molecule has 3 N–H and O–H groups in total. The molecule has 15 heavy (non-hydrogen) atoms. The first-order valence-electron chi connectivity index (χ1n) is 4.47. The van der Waals surface area contributed by atoms with Gasteiger partial charge in [0.1, 0.15) is 11.9 Å². The van der Waals surface area contributed by atoms with Crippen molar-refractivity contribution in [2.45, 2.75) is 19.6 Å². The minimum absolute atomic E-state index is 0.0358. The number of nitrogens with two attached hydrogens (primary N) is 1. The molecule has 0 spiro atoms. The Labute approximate surface area is 87.2 Å². The summed E-state index contributed by atoms with van der Waals surface area (Å²) in [6.45, 7) is 1.71. The average molecular weight is 212 g/mol. The summed E-state index contributed by atoms with van der Waals surface area (Å²) in [4.78, 5) is 0. The summed E-state index contributed by atoms with van der Waals surface area (Å²) in [6, 6.07) is 6.29. The van der Waals surface area contributed by atoms with Gasteiger partial charge in [0.2, 0.25) is 0 Å². The highest BCUT2D eigenvalue weighted by atomic mass is 19.1. The van der Waals surface area contributed by atoms with E-state index in [1.807, 2.05) is 0 Å². The second-order valence-electron chi connectivity index (χ2n) is 3.07. The van der Waals surface area contributed by atoms with Crippen molar-refractivity contribution in [3.8, 4) is 0 Å². The molecule has 1 unspecified atom stereocenters. The van der Waals surface area contributed by atoms with Crippen LogP contribution in [0.25, 0.3) is 0 Å². The molecule has 0 radical (unpaired) electrons. The van der Waals surface area contributed by atoms with E-state index in [1.54, 1.807) is 25.1 Å². The molecule has 0 aromatic heterocycles. The Morgan fingerprint density at radius 1 is 1.60 bits per heavy atom. The molecule has 1 aromatic rings. The van der Waals surface area contributed by atoms with Gasteiger partial charge in [-0.1, -0.05) is 23.4 Å². The van der Waals surface area contributed by atoms with E-state index in [-0.39, 0.29) is 18.3 Å². The summed E-state index contributed by atoms with van der Waals surface area (Å²) in [5, 5.41) is 11.2. The van der Waals surface area contributed by atoms with E-state index in [0.29, 0.717) is 5.56 Å². The molecule has 0 heterocycles. The molecule has 1 rings (SSSR count). The summed E-state index contributed by atoms with van der Waals surface area (Å²) in [6.07, 6.45) is -0.547. The van der Waals surface area contributed by atoms with Crippen LogP contribution >= 0.6 is 0 Å². The number of hydrogen-bond donors (Lipinski definition) is 2. The van der Waals surface area contributed by atoms with Crippen LogP contribution in [0.5, 0.6) is 0 Å². The molecular formula is C10H13FN2O2. The van der Waals surface area contributed by atoms with Crippen molar-refractivity contribution >= 4 is 5.84 Å². The Morgan fingerprint density at radius 3 is 2.87 bits per heavy atom. The van der Waals surface area contributed by atoms with E-state index in [9.17, 15) is 4.39 Å². The standard InChI is InChI=1S/C10H13FN2O2/c1-7(10(12)13-14)15-6-8-4-2-3-5-9(8)11/h2-5,7,14H,6H2,1H3,(H2,12,13). The number of nitrogens with zero attached hydrogens (tertiary/aromatic N) is 1. The maximum absolute atomic E-state index is 13.1. The van der Waals surface area contributed by atoms with Crippen LogP contribution in [0, 0.1) is 5.82 Å². The number of benzene rings is 1. The summed E-state index contributed by atoms with van der Waals surface area (Å²) in [5.74, 6) is -0.365. The van der Waals surface area contributed by atoms with Gasteiger partial charge in [0.25, 0.3) is 0 Å². The lowest BCUT2D eigenvalue weighted by atomic mass is 10.2. The second-order valence-corrected chi connectivity index (χ2v) is 3.07. The monoisotopic (exact) mass is 212 g/mol. The van der Waals surface area contributed by atoms with Crippen LogP contribution in [-0.2, 0) is 11.3 Å². The fourth-order valence-corrected chi connectivity index (χ4v) is 0.997. The lowest BCUT2D eigenvalue weighted by Crippen LogP contribution is -2.28. The highest BCUT2D eigenvalue weighted by Gasteiger charge is 2.09. The molecule has 1 atom stereocenters. The molecule has 0 saturated heterocycles. The van der Waals surface area contributed by atoms with Crippen molar-refractivity contribution < 1.29 is 14.3 Å². The zero-order valence-corrected chi connectivity index (χ0v) is 8.35. The lowest BCUT2D eigenvalue weighted by molar-refractivity contribution is 0.0907. The highest BCUT2D eigenvalue weighted by molar-refractivity contribution is 5.83. The third-order valence-corrected chi connectivity index (χ3v) is 1.98. The largest absolute Gasteiger partial charge is 0.409 e. The normalized spacial score (nSPS) is 13.9. The van der Waals surface area contributed by atoms with Crippen LogP contribution in [0.3, 0.4) is 0 Å². The predicted molar refractivity (Wildman–Crippen MR) is 54.1 cm³/mol. The Morgan fingerprint density at radius 2 is 2.27 bits per heavy atom. The summed E-state index contributed by atoms with van der Waals surface area (Å²) in [7, 11) is 0. The van der Waals surface area contributed by atoms with Crippen LogP contribution in [0.4, 0.5) is 4.39 Å². The summed E-state index contributed by atoms with van der Waals surface area (Å²) in [5.41, 5.74) is 5.74. The van der Waals surface area contributed by atoms with Crippen molar-refractivity contribution in [1.82, 2.24) is 0 Å². The van der Waals surface area contributed by atoms with E-state index < -0.39 is 6.10 Å². The average Bonchev–Trinajstić information content (AvgIpc) is 2.26. The maximum atomic E-state index is 13.1. The van der Waals surface area contributed by atoms with Crippen molar-refractivity contribution in [3.05, 3.63) is 35.6 Å². The van der Waals surface area contributed by atoms with Crippen molar-refractivity contribution in [1.29, 1.82) is 0 Å². The van der Waals surface area contributed by atoms with E-state index in [1.165, 1.54) is 6.07 Å². The smallest absolute Gasteiger partial charge is 0.168 e. The Bertz CT molecular complexity index is 355. The molecule has 0 fully saturated rings. The van der Waals surface area contributed by atoms with Crippen LogP contribution in [0.1, 0.15) is 12.5 Å². The van der Waals surface area contributed by atoms with Crippen molar-refractivity contribution in [3.63, 3.8) is 0 Å². The number of oxime groups is 1. The minimum Gasteiger partial charge on any atom is -0.409 e. The fourth-order valence-electron chi connectivity index (χ4n) is 0.997. The molecule has 0 saturated carbocycles. The first-order chi connectivity index (χ1) is 7.15. The van der Waals surface area contributed by atoms with Crippen LogP contribution in [-0.4, -0.2) is 17.1 Å². The van der Waals surface area contributed by atoms with Crippen LogP contribution in [0.15, 0.2) is 29.4 Å². The van der Waals surface area contributed by atoms with Crippen LogP contribution in [0.2, 0.25) is 0 Å². The predicted octanol–water partition coefficient (Wildman–Crippen LogP) is 1.48. The topological polar surface area (TPSA) is 67.8 Å². The molecule has 0 amide bonds. The number of amidine groups is 1. The maximum Gasteiger partial charge on any atom is 0.168 e. The van der Waals surface area contributed by atoms with Crippen LogP contribution < -0.4 is 5.73 Å². The van der Waals surface area contributed by atoms with Gasteiger partial charge in [-0.25, -0.2) is 4.39 Å². The van der Waals surface area contributed by atoms with Gasteiger partial charge < -0.3 is 15.7 Å². The van der Waals surface area contributed by atoms with Crippen molar-refractivity contribution in [2.24, 2.45) is 10.9 Å². The molecule has 5 heteroatoms. The quantitative estimate of drug-likeness (QED) is 0.344. The fraction of sp³-hybridized carbons (Fsp3) is 0.300. The van der Waals surface area contributed by atoms with Gasteiger partial charge in [-0.15, -0.1) is 0 Å². The SMILES string of the molecule is CC(OCc1ccccc1F)C(N)=NO. The first-order valence-corrected chi connectivity index (χ1v) is 4.47. The number of ether oxygens (including phenoxy) is 1. The molecule has 0 aliphatic carbocycles. The van der Waals surface area contributed by atoms with E-state index >= 15 is 0 Å². The van der Waals surface area contributed by atoms with Gasteiger partial charge in [0.05, 0.1) is 6.61 Å². The van der Waals surface area contributed by atoms with Gasteiger partial charge in [-0.3, -0.25) is 0 Å². The number of halogens is 1. The van der Waals surface area contributed by atoms with Gasteiger partial charge in [0.15, 0.2) is 5.84 Å². The van der Waals surface area contributed by atoms with Gasteiger partial charge >= 0.3 is 0 Å². The Balaban J connectivity index is 2.54. The van der Waals surface area contributed by atoms with Gasteiger partial charge in [0, 0.05) is 5.56 Å². The van der Waals surface area contributed by atoms with Crippen molar-refractivity contribution in [2.75, 3.05) is 0 Å². The third-order valence-electron chi connectivity index (χ3n) is 1.98. The zero-order valence-electron chi connectivity index (χ0n) is 8.35. The second kappa shape index (κ2) is 5.31. The van der Waals surface area contributed by atoms with Gasteiger partial charge in [-0.2, -0.15) is 0 Å². The third kappa shape index (κ3) is 3.21. The van der Waals surface area contributed by atoms with E-state index in [4.69, 9.17) is 15.7 Å². The van der Waals surface area contributed by atoms with E-state index in [0.717, 1.165) is 0 Å². The number of rotatable bonds is 4. The van der Waals surface area contributed by atoms with E-state index in [2.05, 4.69) is 5.16 Å². The minimum atomic E-state index is -0.547. The lowest BCUT2D eigenvalue weighted by Gasteiger charge is -2.11.